The van der Waals surface area contributed by atoms with Crippen molar-refractivity contribution in [1.82, 2.24) is 24.5 Å². The van der Waals surface area contributed by atoms with Gasteiger partial charge in [-0.3, -0.25) is 0 Å². The van der Waals surface area contributed by atoms with Crippen LogP contribution in [-0.2, 0) is 13.2 Å². The highest BCUT2D eigenvalue weighted by Crippen LogP contribution is 2.33. The molecule has 3 aromatic heterocycles. The molecule has 0 bridgehead atoms. The molecule has 0 amide bonds. The second-order valence-corrected chi connectivity index (χ2v) is 9.00. The smallest absolute Gasteiger partial charge is 0.369 e. The summed E-state index contributed by atoms with van der Waals surface area (Å²) in [4.78, 5) is 18.9. The summed E-state index contributed by atoms with van der Waals surface area (Å²) < 4.78 is 67.7. The minimum absolute atomic E-state index is 0.154. The topological polar surface area (TPSA) is 71.8 Å². The monoisotopic (exact) mass is 517 g/mol. The normalized spacial score (nSPS) is 15.1. The fourth-order valence-corrected chi connectivity index (χ4v) is 4.57. The molecule has 37 heavy (non-hydrogen) atoms. The van der Waals surface area contributed by atoms with Crippen molar-refractivity contribution in [2.24, 2.45) is 13.0 Å². The molecule has 1 aliphatic rings. The van der Waals surface area contributed by atoms with Gasteiger partial charge in [-0.15, -0.1) is 0 Å². The predicted molar refractivity (Wildman–Crippen MR) is 129 cm³/mol. The molecule has 0 atom stereocenters. The summed E-state index contributed by atoms with van der Waals surface area (Å²) in [6.07, 6.45) is -3.10. The van der Waals surface area contributed by atoms with Crippen LogP contribution in [0.5, 0.6) is 0 Å². The Morgan fingerprint density at radius 2 is 1.78 bits per heavy atom. The van der Waals surface area contributed by atoms with Gasteiger partial charge in [-0.25, -0.2) is 28.7 Å². The summed E-state index contributed by atoms with van der Waals surface area (Å²) in [5.74, 6) is 1.19. The maximum Gasteiger partial charge on any atom is 0.434 e. The minimum atomic E-state index is -4.48. The van der Waals surface area contributed by atoms with Gasteiger partial charge in [0, 0.05) is 50.2 Å². The van der Waals surface area contributed by atoms with Crippen LogP contribution in [0.1, 0.15) is 30.5 Å². The third kappa shape index (κ3) is 5.18. The Balaban J connectivity index is 1.32. The lowest BCUT2D eigenvalue weighted by atomic mass is 9.97. The number of halogens is 5. The first-order valence-corrected chi connectivity index (χ1v) is 11.8. The number of nitrogens with one attached hydrogen (secondary N) is 1. The number of piperidine rings is 1. The van der Waals surface area contributed by atoms with Gasteiger partial charge in [0.25, 0.3) is 6.43 Å². The Bertz CT molecular complexity index is 1390. The summed E-state index contributed by atoms with van der Waals surface area (Å²) in [5, 5.41) is 4.01. The predicted octanol–water partition coefficient (Wildman–Crippen LogP) is 5.71. The highest BCUT2D eigenvalue weighted by molar-refractivity contribution is 5.88. The van der Waals surface area contributed by atoms with E-state index in [0.29, 0.717) is 42.4 Å². The lowest BCUT2D eigenvalue weighted by Crippen LogP contribution is -2.37. The zero-order valence-electron chi connectivity index (χ0n) is 19.9. The van der Waals surface area contributed by atoms with E-state index in [1.807, 2.05) is 11.0 Å². The zero-order valence-corrected chi connectivity index (χ0v) is 19.9. The van der Waals surface area contributed by atoms with Crippen LogP contribution in [-0.4, -0.2) is 44.1 Å². The number of aryl methyl sites for hydroxylation is 1. The Morgan fingerprint density at radius 1 is 1.03 bits per heavy atom. The van der Waals surface area contributed by atoms with E-state index < -0.39 is 18.3 Å². The van der Waals surface area contributed by atoms with Crippen LogP contribution in [0.2, 0.25) is 0 Å². The van der Waals surface area contributed by atoms with Crippen molar-refractivity contribution < 1.29 is 22.0 Å². The van der Waals surface area contributed by atoms with E-state index in [1.54, 1.807) is 37.5 Å². The largest absolute Gasteiger partial charge is 0.434 e. The molecule has 0 spiro atoms. The molecule has 194 valence electrons. The van der Waals surface area contributed by atoms with Gasteiger partial charge in [-0.1, -0.05) is 24.3 Å². The quantitative estimate of drug-likeness (QED) is 0.331. The summed E-state index contributed by atoms with van der Waals surface area (Å²) in [7, 11) is 1.56. The van der Waals surface area contributed by atoms with Gasteiger partial charge in [-0.05, 0) is 30.9 Å². The number of nitrogens with zero attached hydrogens (tertiary/aromatic N) is 6. The second kappa shape index (κ2) is 9.91. The standard InChI is InChI=1S/C25H24F5N7/c1-36-14-19(25(28,29)30)33-24(36)37-11-8-15(9-12-37)13-32-22-18-7-4-10-31-21(18)34-23(35-22)17-6-3-2-5-16(17)20(26)27/h2-7,10,14-15,20H,8-9,11-13H2,1H3,(H,31,32,34,35). The maximum absolute atomic E-state index is 13.6. The van der Waals surface area contributed by atoms with E-state index in [1.165, 1.54) is 10.6 Å². The van der Waals surface area contributed by atoms with Crippen molar-refractivity contribution in [3.05, 3.63) is 60.0 Å². The number of hydrogen-bond donors (Lipinski definition) is 1. The lowest BCUT2D eigenvalue weighted by molar-refractivity contribution is -0.140. The molecule has 7 nitrogen and oxygen atoms in total. The molecule has 1 aromatic carbocycles. The number of aromatic nitrogens is 5. The Hall–Kier alpha value is -3.83. The molecule has 1 fully saturated rings. The van der Waals surface area contributed by atoms with E-state index in [-0.39, 0.29) is 22.9 Å². The molecule has 0 radical (unpaired) electrons. The third-order valence-electron chi connectivity index (χ3n) is 6.51. The van der Waals surface area contributed by atoms with Crippen molar-refractivity contribution in [1.29, 1.82) is 0 Å². The van der Waals surface area contributed by atoms with E-state index in [4.69, 9.17) is 0 Å². The maximum atomic E-state index is 13.6. The van der Waals surface area contributed by atoms with Crippen LogP contribution in [0.25, 0.3) is 22.4 Å². The molecule has 1 aliphatic heterocycles. The van der Waals surface area contributed by atoms with Crippen LogP contribution in [0.3, 0.4) is 0 Å². The number of benzene rings is 1. The molecule has 0 aliphatic carbocycles. The molecule has 4 aromatic rings. The highest BCUT2D eigenvalue weighted by Gasteiger charge is 2.35. The Morgan fingerprint density at radius 3 is 2.49 bits per heavy atom. The van der Waals surface area contributed by atoms with E-state index >= 15 is 0 Å². The van der Waals surface area contributed by atoms with Crippen molar-refractivity contribution in [2.75, 3.05) is 29.9 Å². The van der Waals surface area contributed by atoms with E-state index in [2.05, 4.69) is 25.3 Å². The van der Waals surface area contributed by atoms with Crippen LogP contribution in [0.4, 0.5) is 33.7 Å². The minimum Gasteiger partial charge on any atom is -0.369 e. The fraction of sp³-hybridized carbons (Fsp3) is 0.360. The average Bonchev–Trinajstić information content (AvgIpc) is 3.29. The van der Waals surface area contributed by atoms with Crippen molar-refractivity contribution in [3.63, 3.8) is 0 Å². The number of rotatable bonds is 6. The van der Waals surface area contributed by atoms with Gasteiger partial charge >= 0.3 is 6.18 Å². The van der Waals surface area contributed by atoms with E-state index in [0.717, 1.165) is 19.0 Å². The summed E-state index contributed by atoms with van der Waals surface area (Å²) in [5.41, 5.74) is -0.417. The van der Waals surface area contributed by atoms with Gasteiger partial charge < -0.3 is 14.8 Å². The number of anilines is 2. The van der Waals surface area contributed by atoms with Gasteiger partial charge in [0.2, 0.25) is 5.95 Å². The number of fused-ring (bicyclic) bond motifs is 1. The van der Waals surface area contributed by atoms with Crippen molar-refractivity contribution in [2.45, 2.75) is 25.4 Å². The lowest BCUT2D eigenvalue weighted by Gasteiger charge is -2.32. The Kier molecular flexibility index (Phi) is 6.65. The summed E-state index contributed by atoms with van der Waals surface area (Å²) in [6.45, 7) is 1.68. The molecule has 12 heteroatoms. The first kappa shape index (κ1) is 24.8. The fourth-order valence-electron chi connectivity index (χ4n) is 4.57. The van der Waals surface area contributed by atoms with Gasteiger partial charge in [-0.2, -0.15) is 13.2 Å². The molecule has 0 saturated carbocycles. The highest BCUT2D eigenvalue weighted by atomic mass is 19.4. The third-order valence-corrected chi connectivity index (χ3v) is 6.51. The second-order valence-electron chi connectivity index (χ2n) is 9.00. The van der Waals surface area contributed by atoms with Gasteiger partial charge in [0.1, 0.15) is 5.82 Å². The molecule has 1 N–H and O–H groups in total. The summed E-state index contributed by atoms with van der Waals surface area (Å²) >= 11 is 0. The van der Waals surface area contributed by atoms with Crippen LogP contribution in [0, 0.1) is 5.92 Å². The van der Waals surface area contributed by atoms with Crippen LogP contribution in [0.15, 0.2) is 48.8 Å². The van der Waals surface area contributed by atoms with Gasteiger partial charge in [0.15, 0.2) is 17.2 Å². The molecular weight excluding hydrogens is 493 g/mol. The molecular formula is C25H24F5N7. The first-order valence-electron chi connectivity index (χ1n) is 11.8. The average molecular weight is 518 g/mol. The number of pyridine rings is 1. The van der Waals surface area contributed by atoms with E-state index in [9.17, 15) is 22.0 Å². The molecule has 5 rings (SSSR count). The Labute approximate surface area is 209 Å². The van der Waals surface area contributed by atoms with Crippen LogP contribution < -0.4 is 10.2 Å². The van der Waals surface area contributed by atoms with Crippen molar-refractivity contribution in [3.8, 4) is 11.4 Å². The molecule has 1 saturated heterocycles. The van der Waals surface area contributed by atoms with Crippen molar-refractivity contribution >= 4 is 22.8 Å². The number of alkyl halides is 5. The number of imidazole rings is 1. The first-order chi connectivity index (χ1) is 17.7. The van der Waals surface area contributed by atoms with Gasteiger partial charge in [0.05, 0.1) is 5.39 Å². The summed E-state index contributed by atoms with van der Waals surface area (Å²) in [6, 6.07) is 9.69. The SMILES string of the molecule is Cn1cc(C(F)(F)F)nc1N1CCC(CNc2nc(-c3ccccc3C(F)F)nc3ncccc23)CC1. The molecule has 4 heterocycles. The van der Waals surface area contributed by atoms with Crippen LogP contribution >= 0.6 is 0 Å². The number of hydrogen-bond acceptors (Lipinski definition) is 6. The zero-order chi connectivity index (χ0) is 26.2. The molecule has 0 unspecified atom stereocenters.